The SMILES string of the molecule is CCOC(=O)CCCc1cc(Nc2ccc(Oc3ccnc4[nH]ccc34)c(F)c2)nc(N)n1. The summed E-state index contributed by atoms with van der Waals surface area (Å²) in [6.07, 6.45) is 4.72. The van der Waals surface area contributed by atoms with E-state index in [9.17, 15) is 9.18 Å². The quantitative estimate of drug-likeness (QED) is 0.318. The topological polar surface area (TPSA) is 128 Å². The zero-order chi connectivity index (χ0) is 23.2. The van der Waals surface area contributed by atoms with Crippen molar-refractivity contribution in [3.8, 4) is 11.5 Å². The molecule has 9 nitrogen and oxygen atoms in total. The van der Waals surface area contributed by atoms with E-state index in [1.54, 1.807) is 37.5 Å². The van der Waals surface area contributed by atoms with Crippen molar-refractivity contribution in [2.24, 2.45) is 0 Å². The smallest absolute Gasteiger partial charge is 0.305 e. The molecular formula is C23H23FN6O3. The zero-order valence-corrected chi connectivity index (χ0v) is 18.0. The lowest BCUT2D eigenvalue weighted by Gasteiger charge is -2.11. The molecule has 0 unspecified atom stereocenters. The van der Waals surface area contributed by atoms with Crippen molar-refractivity contribution in [2.45, 2.75) is 26.2 Å². The number of nitrogens with two attached hydrogens (primary N) is 1. The summed E-state index contributed by atoms with van der Waals surface area (Å²) in [5.41, 5.74) is 7.61. The molecule has 3 aromatic heterocycles. The van der Waals surface area contributed by atoms with Crippen LogP contribution in [-0.2, 0) is 16.0 Å². The number of pyridine rings is 1. The number of rotatable bonds is 9. The minimum absolute atomic E-state index is 0.0797. The minimum atomic E-state index is -0.544. The number of carbonyl (C=O) groups excluding carboxylic acids is 1. The second kappa shape index (κ2) is 9.94. The van der Waals surface area contributed by atoms with Gasteiger partial charge in [0.05, 0.1) is 12.0 Å². The van der Waals surface area contributed by atoms with E-state index < -0.39 is 5.82 Å². The Morgan fingerprint density at radius 3 is 2.88 bits per heavy atom. The number of nitrogens with one attached hydrogen (secondary N) is 2. The van der Waals surface area contributed by atoms with E-state index in [1.807, 2.05) is 6.07 Å². The highest BCUT2D eigenvalue weighted by Gasteiger charge is 2.11. The fraction of sp³-hybridized carbons (Fsp3) is 0.217. The molecule has 4 N–H and O–H groups in total. The van der Waals surface area contributed by atoms with Crippen LogP contribution in [0.25, 0.3) is 11.0 Å². The summed E-state index contributed by atoms with van der Waals surface area (Å²) >= 11 is 0. The highest BCUT2D eigenvalue weighted by atomic mass is 19.1. The molecule has 0 saturated heterocycles. The van der Waals surface area contributed by atoms with Gasteiger partial charge in [-0.2, -0.15) is 4.98 Å². The number of nitrogens with zero attached hydrogens (tertiary/aromatic N) is 3. The van der Waals surface area contributed by atoms with Crippen molar-refractivity contribution in [1.82, 2.24) is 19.9 Å². The van der Waals surface area contributed by atoms with Gasteiger partial charge in [-0.05, 0) is 44.0 Å². The third-order valence-electron chi connectivity index (χ3n) is 4.76. The van der Waals surface area contributed by atoms with Crippen molar-refractivity contribution in [3.05, 3.63) is 60.3 Å². The molecule has 170 valence electrons. The summed E-state index contributed by atoms with van der Waals surface area (Å²) in [6.45, 7) is 2.12. The van der Waals surface area contributed by atoms with Gasteiger partial charge < -0.3 is 25.5 Å². The summed E-state index contributed by atoms with van der Waals surface area (Å²) < 4.78 is 25.4. The Hall–Kier alpha value is -4.21. The van der Waals surface area contributed by atoms with Crippen LogP contribution in [0.3, 0.4) is 0 Å². The fourth-order valence-electron chi connectivity index (χ4n) is 3.31. The lowest BCUT2D eigenvalue weighted by atomic mass is 10.2. The van der Waals surface area contributed by atoms with Gasteiger partial charge in [-0.3, -0.25) is 4.79 Å². The summed E-state index contributed by atoms with van der Waals surface area (Å²) in [5, 5.41) is 3.78. The number of benzene rings is 1. The van der Waals surface area contributed by atoms with Crippen LogP contribution in [0.2, 0.25) is 0 Å². The van der Waals surface area contributed by atoms with E-state index >= 15 is 0 Å². The van der Waals surface area contributed by atoms with E-state index in [1.165, 1.54) is 12.1 Å². The molecule has 0 bridgehead atoms. The van der Waals surface area contributed by atoms with Crippen molar-refractivity contribution >= 4 is 34.5 Å². The fourth-order valence-corrected chi connectivity index (χ4v) is 3.31. The maximum atomic E-state index is 14.7. The molecule has 0 spiro atoms. The first-order valence-corrected chi connectivity index (χ1v) is 10.5. The predicted octanol–water partition coefficient (Wildman–Crippen LogP) is 4.50. The Labute approximate surface area is 189 Å². The average molecular weight is 450 g/mol. The van der Waals surface area contributed by atoms with E-state index in [-0.39, 0.29) is 17.7 Å². The number of aryl methyl sites for hydroxylation is 1. The average Bonchev–Trinajstić information content (AvgIpc) is 3.25. The summed E-state index contributed by atoms with van der Waals surface area (Å²) in [6, 6.07) is 9.71. The van der Waals surface area contributed by atoms with E-state index in [4.69, 9.17) is 15.2 Å². The minimum Gasteiger partial charge on any atom is -0.466 e. The largest absolute Gasteiger partial charge is 0.466 e. The summed E-state index contributed by atoms with van der Waals surface area (Å²) in [5.74, 6) is 0.287. The number of hydrogen-bond donors (Lipinski definition) is 3. The number of anilines is 3. The Balaban J connectivity index is 1.44. The highest BCUT2D eigenvalue weighted by molar-refractivity contribution is 5.82. The van der Waals surface area contributed by atoms with Crippen LogP contribution in [0, 0.1) is 5.82 Å². The molecule has 4 rings (SSSR count). The third kappa shape index (κ3) is 5.53. The van der Waals surface area contributed by atoms with Gasteiger partial charge in [0.15, 0.2) is 11.6 Å². The van der Waals surface area contributed by atoms with E-state index in [0.29, 0.717) is 54.5 Å². The number of hydrogen-bond acceptors (Lipinski definition) is 8. The Bertz CT molecular complexity index is 1280. The van der Waals surface area contributed by atoms with Crippen molar-refractivity contribution in [2.75, 3.05) is 17.7 Å². The van der Waals surface area contributed by atoms with E-state index in [0.717, 1.165) is 5.39 Å². The normalized spacial score (nSPS) is 10.8. The van der Waals surface area contributed by atoms with Crippen LogP contribution < -0.4 is 15.8 Å². The van der Waals surface area contributed by atoms with Gasteiger partial charge in [0, 0.05) is 42.3 Å². The summed E-state index contributed by atoms with van der Waals surface area (Å²) in [4.78, 5) is 27.0. The number of nitrogen functional groups attached to an aromatic ring is 1. The number of fused-ring (bicyclic) bond motifs is 1. The maximum Gasteiger partial charge on any atom is 0.305 e. The van der Waals surface area contributed by atoms with Crippen LogP contribution in [0.5, 0.6) is 11.5 Å². The molecule has 0 aliphatic carbocycles. The second-order valence-electron chi connectivity index (χ2n) is 7.18. The lowest BCUT2D eigenvalue weighted by molar-refractivity contribution is -0.143. The van der Waals surface area contributed by atoms with Gasteiger partial charge in [-0.1, -0.05) is 0 Å². The van der Waals surface area contributed by atoms with Gasteiger partial charge in [-0.15, -0.1) is 0 Å². The van der Waals surface area contributed by atoms with Gasteiger partial charge in [0.2, 0.25) is 5.95 Å². The Morgan fingerprint density at radius 1 is 1.18 bits per heavy atom. The highest BCUT2D eigenvalue weighted by Crippen LogP contribution is 2.31. The van der Waals surface area contributed by atoms with Crippen LogP contribution in [-0.4, -0.2) is 32.5 Å². The molecule has 10 heteroatoms. The molecule has 1 aromatic carbocycles. The number of aromatic amines is 1. The van der Waals surface area contributed by atoms with E-state index in [2.05, 4.69) is 25.3 Å². The molecule has 0 aliphatic heterocycles. The first-order chi connectivity index (χ1) is 16.0. The standard InChI is InChI=1S/C23H23FN6O3/c1-2-32-21(31)5-3-4-14-13-20(30-23(25)29-14)28-15-6-7-19(17(24)12-15)33-18-9-11-27-22-16(18)8-10-26-22/h6-13H,2-5H2,1H3,(H,26,27)(H3,25,28,29,30). The monoisotopic (exact) mass is 450 g/mol. The van der Waals surface area contributed by atoms with Crippen LogP contribution in [0.4, 0.5) is 21.8 Å². The molecule has 4 aromatic rings. The Morgan fingerprint density at radius 2 is 2.06 bits per heavy atom. The number of ether oxygens (including phenoxy) is 2. The van der Waals surface area contributed by atoms with Crippen LogP contribution in [0.15, 0.2) is 48.8 Å². The van der Waals surface area contributed by atoms with Gasteiger partial charge in [0.1, 0.15) is 17.2 Å². The van der Waals surface area contributed by atoms with Crippen LogP contribution in [0.1, 0.15) is 25.5 Å². The maximum absolute atomic E-state index is 14.7. The van der Waals surface area contributed by atoms with Gasteiger partial charge in [-0.25, -0.2) is 14.4 Å². The molecule has 0 aliphatic rings. The van der Waals surface area contributed by atoms with Crippen LogP contribution >= 0.6 is 0 Å². The second-order valence-corrected chi connectivity index (χ2v) is 7.18. The van der Waals surface area contributed by atoms with Gasteiger partial charge in [0.25, 0.3) is 0 Å². The Kier molecular flexibility index (Phi) is 6.63. The number of aromatic nitrogens is 4. The first-order valence-electron chi connectivity index (χ1n) is 10.5. The van der Waals surface area contributed by atoms with Crippen molar-refractivity contribution in [1.29, 1.82) is 0 Å². The lowest BCUT2D eigenvalue weighted by Crippen LogP contribution is -2.06. The third-order valence-corrected chi connectivity index (χ3v) is 4.76. The molecule has 3 heterocycles. The number of H-pyrrole nitrogens is 1. The molecule has 0 radical (unpaired) electrons. The van der Waals surface area contributed by atoms with Crippen molar-refractivity contribution in [3.63, 3.8) is 0 Å². The molecule has 33 heavy (non-hydrogen) atoms. The molecule has 0 amide bonds. The molecule has 0 atom stereocenters. The molecule has 0 saturated carbocycles. The number of halogens is 1. The summed E-state index contributed by atoms with van der Waals surface area (Å²) in [7, 11) is 0. The zero-order valence-electron chi connectivity index (χ0n) is 18.0. The molecule has 0 fully saturated rings. The first kappa shape index (κ1) is 22.0. The number of esters is 1. The molecular weight excluding hydrogens is 427 g/mol. The van der Waals surface area contributed by atoms with Gasteiger partial charge >= 0.3 is 5.97 Å². The van der Waals surface area contributed by atoms with Crippen molar-refractivity contribution < 1.29 is 18.7 Å². The number of carbonyl (C=O) groups is 1. The predicted molar refractivity (Wildman–Crippen MR) is 122 cm³/mol.